The second-order valence-electron chi connectivity index (χ2n) is 6.80. The maximum atomic E-state index is 13.2. The van der Waals surface area contributed by atoms with E-state index in [1.807, 2.05) is 18.2 Å². The molecular weight excluding hydrogens is 408 g/mol. The first-order valence-electron chi connectivity index (χ1n) is 9.58. The van der Waals surface area contributed by atoms with Crippen molar-refractivity contribution in [2.24, 2.45) is 0 Å². The summed E-state index contributed by atoms with van der Waals surface area (Å²) in [5, 5.41) is 3.95. The summed E-state index contributed by atoms with van der Waals surface area (Å²) in [6.45, 7) is 7.90. The van der Waals surface area contributed by atoms with Gasteiger partial charge >= 0.3 is 0 Å². The maximum Gasteiger partial charge on any atom is 0.216 e. The summed E-state index contributed by atoms with van der Waals surface area (Å²) in [4.78, 5) is 19.8. The number of sulfonamides is 1. The number of aromatic nitrogens is 1. The second-order valence-corrected chi connectivity index (χ2v) is 9.69. The first kappa shape index (κ1) is 21.6. The normalized spacial score (nSPS) is 12.1. The monoisotopic (exact) mass is 434 g/mol. The summed E-state index contributed by atoms with van der Waals surface area (Å²) >= 11 is 1.46. The van der Waals surface area contributed by atoms with Crippen molar-refractivity contribution >= 4 is 47.4 Å². The summed E-state index contributed by atoms with van der Waals surface area (Å²) in [6, 6.07) is 7.39. The van der Waals surface area contributed by atoms with Crippen LogP contribution in [-0.4, -0.2) is 50.7 Å². The molecule has 2 heterocycles. The highest BCUT2D eigenvalue weighted by molar-refractivity contribution is 7.88. The molecule has 0 aliphatic heterocycles. The van der Waals surface area contributed by atoms with E-state index in [1.54, 1.807) is 12.3 Å². The van der Waals surface area contributed by atoms with E-state index in [9.17, 15) is 13.2 Å². The molecule has 0 saturated carbocycles. The van der Waals surface area contributed by atoms with Gasteiger partial charge < -0.3 is 10.2 Å². The lowest BCUT2D eigenvalue weighted by atomic mass is 10.1. The molecule has 9 heteroatoms. The van der Waals surface area contributed by atoms with Crippen LogP contribution in [0.5, 0.6) is 0 Å². The van der Waals surface area contributed by atoms with Crippen LogP contribution < -0.4 is 15.5 Å². The molecule has 0 unspecified atom stereocenters. The van der Waals surface area contributed by atoms with Gasteiger partial charge in [0, 0.05) is 36.2 Å². The zero-order valence-electron chi connectivity index (χ0n) is 16.9. The number of fused-ring (bicyclic) bond motifs is 2. The predicted octanol–water partition coefficient (Wildman–Crippen LogP) is 2.61. The lowest BCUT2D eigenvalue weighted by molar-refractivity contribution is 0.316. The van der Waals surface area contributed by atoms with Crippen molar-refractivity contribution in [3.63, 3.8) is 0 Å². The zero-order chi connectivity index (χ0) is 21.0. The molecule has 0 radical (unpaired) electrons. The van der Waals surface area contributed by atoms with Crippen molar-refractivity contribution < 1.29 is 8.42 Å². The molecule has 0 aliphatic rings. The van der Waals surface area contributed by atoms with E-state index in [4.69, 9.17) is 0 Å². The largest absolute Gasteiger partial charge is 0.383 e. The average Bonchev–Trinajstić information content (AvgIpc) is 2.69. The van der Waals surface area contributed by atoms with E-state index in [0.29, 0.717) is 17.4 Å². The number of hydrogen-bond donors (Lipinski definition) is 2. The number of anilines is 1. The van der Waals surface area contributed by atoms with Crippen LogP contribution in [-0.2, 0) is 16.6 Å². The van der Waals surface area contributed by atoms with Crippen molar-refractivity contribution in [3.8, 4) is 0 Å². The third-order valence-electron chi connectivity index (χ3n) is 4.83. The Balaban J connectivity index is 2.07. The third-order valence-corrected chi connectivity index (χ3v) is 6.72. The maximum absolute atomic E-state index is 13.2. The molecule has 2 N–H and O–H groups in total. The van der Waals surface area contributed by atoms with Gasteiger partial charge in [0.1, 0.15) is 5.52 Å². The fraction of sp³-hybridized carbons (Fsp3) is 0.400. The molecule has 0 atom stereocenters. The fourth-order valence-electron chi connectivity index (χ4n) is 3.22. The average molecular weight is 435 g/mol. The van der Waals surface area contributed by atoms with E-state index < -0.39 is 10.0 Å². The summed E-state index contributed by atoms with van der Waals surface area (Å²) in [7, 11) is -3.34. The SMILES string of the molecule is CCN(CC)CCNc1ccc(CNS(C)(=O)=O)c2sc3cccnc3c(=O)c12. The fourth-order valence-corrected chi connectivity index (χ4v) is 4.83. The van der Waals surface area contributed by atoms with Gasteiger partial charge in [-0.1, -0.05) is 19.9 Å². The second kappa shape index (κ2) is 9.17. The van der Waals surface area contributed by atoms with Gasteiger partial charge in [0.05, 0.1) is 16.3 Å². The van der Waals surface area contributed by atoms with Gasteiger partial charge in [0.2, 0.25) is 15.5 Å². The van der Waals surface area contributed by atoms with Gasteiger partial charge in [-0.15, -0.1) is 11.3 Å². The van der Waals surface area contributed by atoms with Gasteiger partial charge in [-0.25, -0.2) is 13.1 Å². The standard InChI is InChI=1S/C20H26N4O3S2/c1-4-24(5-2)12-11-21-15-9-8-14(13-23-29(3,26)27)20-17(15)19(25)18-16(28-20)7-6-10-22-18/h6-10,21,23H,4-5,11-13H2,1-3H3. The van der Waals surface area contributed by atoms with Crippen molar-refractivity contribution in [2.45, 2.75) is 20.4 Å². The van der Waals surface area contributed by atoms with Crippen LogP contribution in [0.25, 0.3) is 20.3 Å². The van der Waals surface area contributed by atoms with Gasteiger partial charge in [-0.05, 0) is 36.9 Å². The first-order valence-corrected chi connectivity index (χ1v) is 12.3. The molecule has 156 valence electrons. The van der Waals surface area contributed by atoms with Gasteiger partial charge in [0.15, 0.2) is 0 Å². The Morgan fingerprint density at radius 2 is 1.93 bits per heavy atom. The van der Waals surface area contributed by atoms with Crippen LogP contribution in [0.15, 0.2) is 35.3 Å². The lowest BCUT2D eigenvalue weighted by Crippen LogP contribution is -2.28. The van der Waals surface area contributed by atoms with E-state index in [2.05, 4.69) is 33.8 Å². The number of benzene rings is 1. The molecule has 0 bridgehead atoms. The van der Waals surface area contributed by atoms with E-state index in [-0.39, 0.29) is 12.0 Å². The smallest absolute Gasteiger partial charge is 0.216 e. The van der Waals surface area contributed by atoms with Crippen LogP contribution in [0.3, 0.4) is 0 Å². The van der Waals surface area contributed by atoms with Crippen LogP contribution in [0, 0.1) is 0 Å². The Bertz CT molecular complexity index is 1170. The molecule has 0 amide bonds. The Morgan fingerprint density at radius 3 is 2.62 bits per heavy atom. The Hall–Kier alpha value is -2.07. The summed E-state index contributed by atoms with van der Waals surface area (Å²) in [5.41, 5.74) is 1.82. The summed E-state index contributed by atoms with van der Waals surface area (Å²) < 4.78 is 27.2. The molecule has 3 rings (SSSR count). The number of hydrogen-bond acceptors (Lipinski definition) is 7. The molecule has 29 heavy (non-hydrogen) atoms. The highest BCUT2D eigenvalue weighted by Gasteiger charge is 2.15. The quantitative estimate of drug-likeness (QED) is 0.503. The minimum atomic E-state index is -3.34. The van der Waals surface area contributed by atoms with Crippen LogP contribution in [0.4, 0.5) is 5.69 Å². The highest BCUT2D eigenvalue weighted by Crippen LogP contribution is 2.31. The number of nitrogens with one attached hydrogen (secondary N) is 2. The third kappa shape index (κ3) is 5.11. The first-order chi connectivity index (χ1) is 13.8. The van der Waals surface area contributed by atoms with Gasteiger partial charge in [0.25, 0.3) is 0 Å². The van der Waals surface area contributed by atoms with E-state index in [1.165, 1.54) is 11.3 Å². The van der Waals surface area contributed by atoms with E-state index >= 15 is 0 Å². The number of likely N-dealkylation sites (N-methyl/N-ethyl adjacent to an activating group) is 1. The molecule has 0 saturated heterocycles. The predicted molar refractivity (Wildman–Crippen MR) is 121 cm³/mol. The lowest BCUT2D eigenvalue weighted by Gasteiger charge is -2.19. The number of pyridine rings is 1. The molecule has 1 aromatic carbocycles. The Labute approximate surface area is 174 Å². The van der Waals surface area contributed by atoms with E-state index in [0.717, 1.165) is 46.5 Å². The minimum absolute atomic E-state index is 0.136. The molecular formula is C20H26N4O3S2. The van der Waals surface area contributed by atoms with Crippen LogP contribution in [0.2, 0.25) is 0 Å². The molecule has 3 aromatic rings. The van der Waals surface area contributed by atoms with Crippen molar-refractivity contribution in [3.05, 3.63) is 46.2 Å². The van der Waals surface area contributed by atoms with Crippen LogP contribution in [0.1, 0.15) is 19.4 Å². The topological polar surface area (TPSA) is 91.4 Å². The molecule has 7 nitrogen and oxygen atoms in total. The molecule has 0 aliphatic carbocycles. The van der Waals surface area contributed by atoms with Gasteiger partial charge in [-0.3, -0.25) is 9.78 Å². The summed E-state index contributed by atoms with van der Waals surface area (Å²) in [6.07, 6.45) is 2.74. The number of rotatable bonds is 9. The molecule has 2 aromatic heterocycles. The van der Waals surface area contributed by atoms with Crippen molar-refractivity contribution in [2.75, 3.05) is 37.8 Å². The Morgan fingerprint density at radius 1 is 1.17 bits per heavy atom. The molecule has 0 fully saturated rings. The Kier molecular flexibility index (Phi) is 6.84. The van der Waals surface area contributed by atoms with Crippen molar-refractivity contribution in [1.29, 1.82) is 0 Å². The minimum Gasteiger partial charge on any atom is -0.383 e. The highest BCUT2D eigenvalue weighted by atomic mass is 32.2. The van der Waals surface area contributed by atoms with Gasteiger partial charge in [-0.2, -0.15) is 0 Å². The number of nitrogens with zero attached hydrogens (tertiary/aromatic N) is 2. The summed E-state index contributed by atoms with van der Waals surface area (Å²) in [5.74, 6) is 0. The van der Waals surface area contributed by atoms with Crippen molar-refractivity contribution in [1.82, 2.24) is 14.6 Å². The molecule has 0 spiro atoms. The van der Waals surface area contributed by atoms with Crippen LogP contribution >= 0.6 is 11.3 Å². The zero-order valence-corrected chi connectivity index (χ0v) is 18.5.